The highest BCUT2D eigenvalue weighted by Gasteiger charge is 2.56. The third-order valence-corrected chi connectivity index (χ3v) is 5.01. The molecule has 6 heteroatoms. The lowest BCUT2D eigenvalue weighted by molar-refractivity contribution is -0.138. The Morgan fingerprint density at radius 2 is 1.80 bits per heavy atom. The van der Waals surface area contributed by atoms with Crippen LogP contribution < -0.4 is 0 Å². The average Bonchev–Trinajstić information content (AvgIpc) is 2.50. The molecule has 0 aromatic carbocycles. The molecule has 3 unspecified atom stereocenters. The lowest BCUT2D eigenvalue weighted by Gasteiger charge is -2.32. The van der Waals surface area contributed by atoms with Crippen LogP contribution in [0.3, 0.4) is 0 Å². The van der Waals surface area contributed by atoms with Gasteiger partial charge in [0.05, 0.1) is 11.2 Å². The standard InChI is InChI=1S/C14H24BFO4/c1-13(2)14(3,4)20-15(19-13)10-7-9(8-12(17)18)5-6-11(10)16/h9-11H,5-8H2,1-4H3,(H,17,18). The molecule has 0 amide bonds. The SMILES string of the molecule is CC1(C)OB(C2CC(CC(=O)O)CCC2F)OC1(C)C. The number of alkyl halides is 1. The summed E-state index contributed by atoms with van der Waals surface area (Å²) in [6.07, 6.45) is 0.665. The molecule has 1 saturated carbocycles. The van der Waals surface area contributed by atoms with Gasteiger partial charge < -0.3 is 14.4 Å². The zero-order valence-corrected chi connectivity index (χ0v) is 12.7. The van der Waals surface area contributed by atoms with E-state index in [0.29, 0.717) is 19.3 Å². The topological polar surface area (TPSA) is 55.8 Å². The average molecular weight is 286 g/mol. The molecule has 1 N–H and O–H groups in total. The molecule has 1 heterocycles. The van der Waals surface area contributed by atoms with Gasteiger partial charge in [-0.15, -0.1) is 0 Å². The molecule has 0 spiro atoms. The second-order valence-corrected chi connectivity index (χ2v) is 7.08. The van der Waals surface area contributed by atoms with Crippen LogP contribution in [0.5, 0.6) is 0 Å². The first-order valence-corrected chi connectivity index (χ1v) is 7.34. The summed E-state index contributed by atoms with van der Waals surface area (Å²) in [4.78, 5) is 10.8. The predicted octanol–water partition coefficient (Wildman–Crippen LogP) is 3.06. The predicted molar refractivity (Wildman–Crippen MR) is 74.3 cm³/mol. The van der Waals surface area contributed by atoms with Crippen LogP contribution in [0.15, 0.2) is 0 Å². The maximum atomic E-state index is 14.2. The summed E-state index contributed by atoms with van der Waals surface area (Å²) >= 11 is 0. The molecule has 0 aromatic rings. The van der Waals surface area contributed by atoms with Gasteiger partial charge in [-0.05, 0) is 52.9 Å². The van der Waals surface area contributed by atoms with Gasteiger partial charge in [-0.2, -0.15) is 0 Å². The third kappa shape index (κ3) is 3.01. The minimum atomic E-state index is -0.977. The highest BCUT2D eigenvalue weighted by atomic mass is 19.1. The molecule has 1 aliphatic carbocycles. The molecule has 2 rings (SSSR count). The quantitative estimate of drug-likeness (QED) is 0.810. The van der Waals surface area contributed by atoms with Crippen LogP contribution in [0.4, 0.5) is 4.39 Å². The van der Waals surface area contributed by atoms with Gasteiger partial charge in [0, 0.05) is 12.2 Å². The zero-order valence-electron chi connectivity index (χ0n) is 12.7. The number of aliphatic carboxylic acids is 1. The largest absolute Gasteiger partial charge is 0.481 e. The summed E-state index contributed by atoms with van der Waals surface area (Å²) in [7, 11) is -0.577. The van der Waals surface area contributed by atoms with Crippen LogP contribution in [0.2, 0.25) is 5.82 Å². The van der Waals surface area contributed by atoms with Gasteiger partial charge in [0.25, 0.3) is 0 Å². The molecule has 2 fully saturated rings. The van der Waals surface area contributed by atoms with Crippen molar-refractivity contribution in [3.05, 3.63) is 0 Å². The summed E-state index contributed by atoms with van der Waals surface area (Å²) in [5, 5.41) is 8.89. The van der Waals surface area contributed by atoms with E-state index in [9.17, 15) is 9.18 Å². The van der Waals surface area contributed by atoms with E-state index in [1.165, 1.54) is 0 Å². The van der Waals surface area contributed by atoms with E-state index in [2.05, 4.69) is 0 Å². The fourth-order valence-electron chi connectivity index (χ4n) is 3.04. The lowest BCUT2D eigenvalue weighted by atomic mass is 9.60. The highest BCUT2D eigenvalue weighted by molar-refractivity contribution is 6.47. The van der Waals surface area contributed by atoms with E-state index in [1.807, 2.05) is 27.7 Å². The minimum absolute atomic E-state index is 0.0172. The van der Waals surface area contributed by atoms with Gasteiger partial charge >= 0.3 is 13.1 Å². The summed E-state index contributed by atoms with van der Waals surface area (Å²) < 4.78 is 26.0. The van der Waals surface area contributed by atoms with Crippen LogP contribution in [0.1, 0.15) is 53.4 Å². The van der Waals surface area contributed by atoms with Gasteiger partial charge in [0.15, 0.2) is 0 Å². The maximum absolute atomic E-state index is 14.2. The fraction of sp³-hybridized carbons (Fsp3) is 0.929. The fourth-order valence-corrected chi connectivity index (χ4v) is 3.04. The van der Waals surface area contributed by atoms with Gasteiger partial charge in [0.1, 0.15) is 6.17 Å². The molecular formula is C14H24BFO4. The molecule has 4 nitrogen and oxygen atoms in total. The van der Waals surface area contributed by atoms with E-state index < -0.39 is 30.5 Å². The first kappa shape index (κ1) is 15.8. The molecule has 0 radical (unpaired) electrons. The Labute approximate surface area is 120 Å². The third-order valence-electron chi connectivity index (χ3n) is 5.01. The van der Waals surface area contributed by atoms with Crippen LogP contribution in [0, 0.1) is 5.92 Å². The van der Waals surface area contributed by atoms with Gasteiger partial charge in [-0.25, -0.2) is 4.39 Å². The summed E-state index contributed by atoms with van der Waals surface area (Å²) in [5.41, 5.74) is -0.950. The molecule has 2 aliphatic rings. The Balaban J connectivity index is 2.05. The van der Waals surface area contributed by atoms with E-state index >= 15 is 0 Å². The van der Waals surface area contributed by atoms with Crippen LogP contribution in [-0.4, -0.2) is 35.6 Å². The van der Waals surface area contributed by atoms with Crippen molar-refractivity contribution in [2.45, 2.75) is 76.6 Å². The Bertz CT molecular complexity index is 369. The number of carboxylic acids is 1. The Hall–Kier alpha value is -0.615. The molecule has 3 atom stereocenters. The van der Waals surface area contributed by atoms with E-state index in [4.69, 9.17) is 14.4 Å². The Morgan fingerprint density at radius 1 is 1.25 bits per heavy atom. The second kappa shape index (κ2) is 5.30. The van der Waals surface area contributed by atoms with E-state index in [1.54, 1.807) is 0 Å². The number of rotatable bonds is 3. The summed E-state index contributed by atoms with van der Waals surface area (Å²) in [6.45, 7) is 7.77. The number of carboxylic acid groups (broad SMARTS) is 1. The number of hydrogen-bond donors (Lipinski definition) is 1. The van der Waals surface area contributed by atoms with Crippen molar-refractivity contribution in [3.63, 3.8) is 0 Å². The normalized spacial score (nSPS) is 36.0. The van der Waals surface area contributed by atoms with Crippen molar-refractivity contribution >= 4 is 13.1 Å². The first-order valence-electron chi connectivity index (χ1n) is 7.34. The molecule has 0 aromatic heterocycles. The van der Waals surface area contributed by atoms with Crippen molar-refractivity contribution in [1.29, 1.82) is 0 Å². The highest BCUT2D eigenvalue weighted by Crippen LogP contribution is 2.46. The number of halogens is 1. The minimum Gasteiger partial charge on any atom is -0.481 e. The maximum Gasteiger partial charge on any atom is 0.464 e. The molecule has 0 bridgehead atoms. The molecule has 1 saturated heterocycles. The van der Waals surface area contributed by atoms with Gasteiger partial charge in [0.2, 0.25) is 0 Å². The lowest BCUT2D eigenvalue weighted by Crippen LogP contribution is -2.41. The van der Waals surface area contributed by atoms with Crippen molar-refractivity contribution in [3.8, 4) is 0 Å². The molecule has 114 valence electrons. The smallest absolute Gasteiger partial charge is 0.464 e. The monoisotopic (exact) mass is 286 g/mol. The molecular weight excluding hydrogens is 262 g/mol. The number of hydrogen-bond acceptors (Lipinski definition) is 3. The Morgan fingerprint density at radius 3 is 2.30 bits per heavy atom. The van der Waals surface area contributed by atoms with Crippen molar-refractivity contribution in [2.75, 3.05) is 0 Å². The van der Waals surface area contributed by atoms with Gasteiger partial charge in [-0.3, -0.25) is 4.79 Å². The first-order chi connectivity index (χ1) is 9.12. The van der Waals surface area contributed by atoms with Gasteiger partial charge in [-0.1, -0.05) is 0 Å². The zero-order chi connectivity index (χ0) is 15.1. The summed E-state index contributed by atoms with van der Waals surface area (Å²) in [6, 6.07) is 0. The van der Waals surface area contributed by atoms with Crippen molar-refractivity contribution in [1.82, 2.24) is 0 Å². The Kier molecular flexibility index (Phi) is 4.18. The summed E-state index contributed by atoms with van der Waals surface area (Å²) in [5.74, 6) is -1.17. The van der Waals surface area contributed by atoms with E-state index in [0.717, 1.165) is 0 Å². The van der Waals surface area contributed by atoms with Crippen molar-refractivity contribution in [2.24, 2.45) is 5.92 Å². The molecule has 20 heavy (non-hydrogen) atoms. The van der Waals surface area contributed by atoms with Crippen LogP contribution >= 0.6 is 0 Å². The molecule has 1 aliphatic heterocycles. The van der Waals surface area contributed by atoms with Crippen LogP contribution in [0.25, 0.3) is 0 Å². The van der Waals surface area contributed by atoms with Crippen molar-refractivity contribution < 1.29 is 23.6 Å². The van der Waals surface area contributed by atoms with E-state index in [-0.39, 0.29) is 18.2 Å². The second-order valence-electron chi connectivity index (χ2n) is 7.08. The van der Waals surface area contributed by atoms with Crippen LogP contribution in [-0.2, 0) is 14.1 Å². The number of carbonyl (C=O) groups is 1.